The first-order valence-electron chi connectivity index (χ1n) is 7.33. The van der Waals surface area contributed by atoms with E-state index in [0.29, 0.717) is 5.69 Å². The molecule has 0 atom stereocenters. The highest BCUT2D eigenvalue weighted by molar-refractivity contribution is 6.39. The number of nitrogens with one attached hydrogen (secondary N) is 2. The van der Waals surface area contributed by atoms with Crippen LogP contribution >= 0.6 is 0 Å². The zero-order valence-corrected chi connectivity index (χ0v) is 13.6. The summed E-state index contributed by atoms with van der Waals surface area (Å²) in [5, 5.41) is 16.9. The van der Waals surface area contributed by atoms with E-state index in [9.17, 15) is 19.7 Å². The van der Waals surface area contributed by atoms with Crippen LogP contribution in [0.1, 0.15) is 16.7 Å². The van der Waals surface area contributed by atoms with Gasteiger partial charge in [0.25, 0.3) is 5.69 Å². The van der Waals surface area contributed by atoms with E-state index >= 15 is 0 Å². The molecule has 0 radical (unpaired) electrons. The van der Waals surface area contributed by atoms with Crippen LogP contribution in [0.3, 0.4) is 0 Å². The fraction of sp³-hybridized carbons (Fsp3) is 0.118. The number of nitrogens with zero attached hydrogens (tertiary/aromatic N) is 2. The summed E-state index contributed by atoms with van der Waals surface area (Å²) >= 11 is 0. The molecule has 0 aromatic heterocycles. The van der Waals surface area contributed by atoms with Gasteiger partial charge in [-0.3, -0.25) is 19.7 Å². The van der Waals surface area contributed by atoms with Gasteiger partial charge >= 0.3 is 11.8 Å². The van der Waals surface area contributed by atoms with E-state index in [-0.39, 0.29) is 11.3 Å². The third-order valence-corrected chi connectivity index (χ3v) is 3.19. The Hall–Kier alpha value is -3.55. The molecule has 8 nitrogen and oxygen atoms in total. The number of anilines is 1. The van der Waals surface area contributed by atoms with E-state index in [1.807, 2.05) is 25.3 Å². The van der Waals surface area contributed by atoms with Gasteiger partial charge in [-0.05, 0) is 43.2 Å². The highest BCUT2D eigenvalue weighted by Crippen LogP contribution is 2.15. The lowest BCUT2D eigenvalue weighted by Gasteiger charge is -2.06. The number of benzene rings is 2. The number of amides is 2. The maximum absolute atomic E-state index is 11.8. The van der Waals surface area contributed by atoms with Crippen molar-refractivity contribution in [2.45, 2.75) is 13.8 Å². The average molecular weight is 340 g/mol. The van der Waals surface area contributed by atoms with Crippen molar-refractivity contribution in [1.82, 2.24) is 5.43 Å². The van der Waals surface area contributed by atoms with Crippen LogP contribution in [0.2, 0.25) is 0 Å². The summed E-state index contributed by atoms with van der Waals surface area (Å²) in [6.45, 7) is 3.75. The first kappa shape index (κ1) is 17.8. The molecule has 2 amide bonds. The van der Waals surface area contributed by atoms with E-state index in [4.69, 9.17) is 0 Å². The molecule has 0 aliphatic heterocycles. The van der Waals surface area contributed by atoms with Gasteiger partial charge in [-0.25, -0.2) is 5.43 Å². The number of nitro groups is 1. The molecular weight excluding hydrogens is 324 g/mol. The number of para-hydroxylation sites is 1. The Balaban J connectivity index is 2.00. The average Bonchev–Trinajstić information content (AvgIpc) is 2.54. The van der Waals surface area contributed by atoms with Crippen molar-refractivity contribution in [3.63, 3.8) is 0 Å². The van der Waals surface area contributed by atoms with Gasteiger partial charge in [0.05, 0.1) is 16.7 Å². The molecule has 25 heavy (non-hydrogen) atoms. The summed E-state index contributed by atoms with van der Waals surface area (Å²) in [5.41, 5.74) is 4.50. The van der Waals surface area contributed by atoms with Crippen LogP contribution in [-0.4, -0.2) is 23.0 Å². The van der Waals surface area contributed by atoms with Crippen LogP contribution in [0.15, 0.2) is 47.6 Å². The lowest BCUT2D eigenvalue weighted by atomic mass is 10.1. The standard InChI is InChI=1S/C17H16N4O4/c1-11-7-12(2)9-14(8-11)19-16(22)17(23)20-18-10-13-5-3-4-6-15(13)21(24)25/h3-10H,1-2H3,(H,19,22)(H,20,23)/b18-10-. The predicted molar refractivity (Wildman–Crippen MR) is 93.4 cm³/mol. The molecule has 0 saturated carbocycles. The highest BCUT2D eigenvalue weighted by atomic mass is 16.6. The van der Waals surface area contributed by atoms with E-state index in [1.54, 1.807) is 18.2 Å². The molecule has 2 aromatic carbocycles. The minimum Gasteiger partial charge on any atom is -0.318 e. The van der Waals surface area contributed by atoms with E-state index < -0.39 is 16.7 Å². The van der Waals surface area contributed by atoms with Gasteiger partial charge < -0.3 is 5.32 Å². The molecular formula is C17H16N4O4. The Bertz CT molecular complexity index is 841. The number of nitro benzene ring substituents is 1. The molecule has 2 N–H and O–H groups in total. The monoisotopic (exact) mass is 340 g/mol. The van der Waals surface area contributed by atoms with Crippen molar-refractivity contribution >= 4 is 29.4 Å². The molecule has 0 fully saturated rings. The smallest absolute Gasteiger partial charge is 0.318 e. The third-order valence-electron chi connectivity index (χ3n) is 3.19. The lowest BCUT2D eigenvalue weighted by Crippen LogP contribution is -2.32. The van der Waals surface area contributed by atoms with Crippen molar-refractivity contribution in [3.8, 4) is 0 Å². The molecule has 0 spiro atoms. The fourth-order valence-corrected chi connectivity index (χ4v) is 2.21. The fourth-order valence-electron chi connectivity index (χ4n) is 2.21. The zero-order chi connectivity index (χ0) is 18.4. The number of carbonyl (C=O) groups excluding carboxylic acids is 2. The summed E-state index contributed by atoms with van der Waals surface area (Å²) < 4.78 is 0. The Morgan fingerprint density at radius 3 is 2.36 bits per heavy atom. The molecule has 0 aliphatic carbocycles. The Morgan fingerprint density at radius 2 is 1.72 bits per heavy atom. The Labute approximate surface area is 143 Å². The lowest BCUT2D eigenvalue weighted by molar-refractivity contribution is -0.385. The van der Waals surface area contributed by atoms with Gasteiger partial charge in [-0.1, -0.05) is 18.2 Å². The van der Waals surface area contributed by atoms with Crippen LogP contribution in [0.4, 0.5) is 11.4 Å². The maximum Gasteiger partial charge on any atom is 0.329 e. The van der Waals surface area contributed by atoms with Gasteiger partial charge in [0, 0.05) is 11.8 Å². The first-order valence-corrected chi connectivity index (χ1v) is 7.33. The van der Waals surface area contributed by atoms with E-state index in [0.717, 1.165) is 17.3 Å². The minimum atomic E-state index is -0.978. The number of aryl methyl sites for hydroxylation is 2. The summed E-state index contributed by atoms with van der Waals surface area (Å²) in [4.78, 5) is 33.9. The second-order valence-electron chi connectivity index (χ2n) is 5.35. The number of hydrogen-bond donors (Lipinski definition) is 2. The molecule has 0 unspecified atom stereocenters. The van der Waals surface area contributed by atoms with Crippen LogP contribution in [0, 0.1) is 24.0 Å². The van der Waals surface area contributed by atoms with E-state index in [2.05, 4.69) is 10.4 Å². The Kier molecular flexibility index (Phi) is 5.57. The molecule has 0 saturated heterocycles. The summed E-state index contributed by atoms with van der Waals surface area (Å²) in [6, 6.07) is 11.3. The largest absolute Gasteiger partial charge is 0.329 e. The molecule has 8 heteroatoms. The maximum atomic E-state index is 11.8. The first-order chi connectivity index (χ1) is 11.9. The molecule has 0 aliphatic rings. The molecule has 2 rings (SSSR count). The van der Waals surface area contributed by atoms with Gasteiger partial charge in [0.15, 0.2) is 0 Å². The van der Waals surface area contributed by atoms with Crippen LogP contribution in [0.25, 0.3) is 0 Å². The Morgan fingerprint density at radius 1 is 1.08 bits per heavy atom. The van der Waals surface area contributed by atoms with Gasteiger partial charge in [0.1, 0.15) is 0 Å². The minimum absolute atomic E-state index is 0.153. The third kappa shape index (κ3) is 4.96. The number of carbonyl (C=O) groups is 2. The van der Waals surface area contributed by atoms with Crippen molar-refractivity contribution in [1.29, 1.82) is 0 Å². The predicted octanol–water partition coefficient (Wildman–Crippen LogP) is 2.30. The molecule has 0 heterocycles. The summed E-state index contributed by atoms with van der Waals surface area (Å²) in [7, 11) is 0. The van der Waals surface area contributed by atoms with Crippen molar-refractivity contribution in [3.05, 3.63) is 69.3 Å². The van der Waals surface area contributed by atoms with Crippen LogP contribution in [-0.2, 0) is 9.59 Å². The van der Waals surface area contributed by atoms with Crippen molar-refractivity contribution in [2.24, 2.45) is 5.10 Å². The number of hydrazone groups is 1. The number of rotatable bonds is 4. The molecule has 128 valence electrons. The second-order valence-corrected chi connectivity index (χ2v) is 5.35. The van der Waals surface area contributed by atoms with Crippen LogP contribution in [0.5, 0.6) is 0 Å². The molecule has 0 bridgehead atoms. The SMILES string of the molecule is Cc1cc(C)cc(NC(=O)C(=O)N/N=C\c2ccccc2[N+](=O)[O-])c1. The number of hydrogen-bond acceptors (Lipinski definition) is 5. The highest BCUT2D eigenvalue weighted by Gasteiger charge is 2.14. The quantitative estimate of drug-likeness (QED) is 0.385. The van der Waals surface area contributed by atoms with E-state index in [1.165, 1.54) is 18.2 Å². The van der Waals surface area contributed by atoms with Gasteiger partial charge in [-0.2, -0.15) is 5.10 Å². The van der Waals surface area contributed by atoms with Crippen LogP contribution < -0.4 is 10.7 Å². The second kappa shape index (κ2) is 7.82. The van der Waals surface area contributed by atoms with Crippen molar-refractivity contribution < 1.29 is 14.5 Å². The normalized spacial score (nSPS) is 10.5. The molecule has 2 aromatic rings. The summed E-state index contributed by atoms with van der Waals surface area (Å²) in [6.07, 6.45) is 1.11. The zero-order valence-electron chi connectivity index (χ0n) is 13.6. The van der Waals surface area contributed by atoms with Gasteiger partial charge in [0.2, 0.25) is 0 Å². The summed E-state index contributed by atoms with van der Waals surface area (Å²) in [5.74, 6) is -1.86. The van der Waals surface area contributed by atoms with Crippen molar-refractivity contribution in [2.75, 3.05) is 5.32 Å². The topological polar surface area (TPSA) is 114 Å². The van der Waals surface area contributed by atoms with Gasteiger partial charge in [-0.15, -0.1) is 0 Å².